The van der Waals surface area contributed by atoms with Crippen LogP contribution in [0.5, 0.6) is 0 Å². The van der Waals surface area contributed by atoms with Crippen molar-refractivity contribution in [2.45, 2.75) is 399 Å². The van der Waals surface area contributed by atoms with Gasteiger partial charge in [0, 0.05) is 19.3 Å². The van der Waals surface area contributed by atoms with Crippen molar-refractivity contribution in [3.63, 3.8) is 0 Å². The van der Waals surface area contributed by atoms with Gasteiger partial charge >= 0.3 is 17.9 Å². The largest absolute Gasteiger partial charge is 0.462 e. The van der Waals surface area contributed by atoms with E-state index in [0.29, 0.717) is 19.3 Å². The average molecular weight is 1030 g/mol. The quantitative estimate of drug-likeness (QED) is 0.0343. The molecule has 6 nitrogen and oxygen atoms in total. The predicted octanol–water partition coefficient (Wildman–Crippen LogP) is 22.7. The molecule has 0 aromatic carbocycles. The molecule has 6 heteroatoms. The molecule has 73 heavy (non-hydrogen) atoms. The smallest absolute Gasteiger partial charge is 0.306 e. The molecule has 0 heterocycles. The van der Waals surface area contributed by atoms with Crippen LogP contribution >= 0.6 is 0 Å². The second-order valence-electron chi connectivity index (χ2n) is 23.1. The molecule has 0 saturated carbocycles. The van der Waals surface area contributed by atoms with Crippen LogP contribution in [0.4, 0.5) is 0 Å². The molecule has 0 rings (SSSR count). The van der Waals surface area contributed by atoms with Crippen LogP contribution in [-0.4, -0.2) is 37.2 Å². The third-order valence-electron chi connectivity index (χ3n) is 15.6. The Kier molecular flexibility index (Phi) is 61.6. The van der Waals surface area contributed by atoms with Crippen molar-refractivity contribution >= 4 is 17.9 Å². The highest BCUT2D eigenvalue weighted by molar-refractivity contribution is 5.71. The van der Waals surface area contributed by atoms with Gasteiger partial charge in [-0.1, -0.05) is 355 Å². The second kappa shape index (κ2) is 62.9. The number of carbonyl (C=O) groups excluding carboxylic acids is 3. The van der Waals surface area contributed by atoms with Crippen LogP contribution in [0.25, 0.3) is 0 Å². The van der Waals surface area contributed by atoms with Crippen molar-refractivity contribution in [1.29, 1.82) is 0 Å². The first-order valence-corrected chi connectivity index (χ1v) is 33.5. The fourth-order valence-corrected chi connectivity index (χ4v) is 10.6. The number of unbranched alkanes of at least 4 members (excludes halogenated alkanes) is 52. The van der Waals surface area contributed by atoms with E-state index in [1.807, 2.05) is 0 Å². The normalized spacial score (nSPS) is 11.9. The van der Waals surface area contributed by atoms with Crippen molar-refractivity contribution in [1.82, 2.24) is 0 Å². The van der Waals surface area contributed by atoms with Crippen LogP contribution in [0.2, 0.25) is 0 Å². The molecular weight excluding hydrogens is 901 g/mol. The minimum Gasteiger partial charge on any atom is -0.462 e. The topological polar surface area (TPSA) is 78.9 Å². The molecule has 0 aromatic rings. The van der Waals surface area contributed by atoms with Crippen LogP contribution < -0.4 is 0 Å². The van der Waals surface area contributed by atoms with E-state index in [0.717, 1.165) is 57.8 Å². The van der Waals surface area contributed by atoms with E-state index in [4.69, 9.17) is 14.2 Å². The highest BCUT2D eigenvalue weighted by Gasteiger charge is 2.19. The van der Waals surface area contributed by atoms with Crippen LogP contribution in [0, 0.1) is 0 Å². The van der Waals surface area contributed by atoms with Crippen molar-refractivity contribution in [2.24, 2.45) is 0 Å². The van der Waals surface area contributed by atoms with Gasteiger partial charge in [0.05, 0.1) is 0 Å². The average Bonchev–Trinajstić information content (AvgIpc) is 3.39. The zero-order valence-electron chi connectivity index (χ0n) is 50.0. The zero-order valence-corrected chi connectivity index (χ0v) is 50.0. The number of rotatable bonds is 63. The van der Waals surface area contributed by atoms with E-state index in [-0.39, 0.29) is 31.1 Å². The molecule has 0 N–H and O–H groups in total. The molecule has 0 aromatic heterocycles. The molecule has 0 bridgehead atoms. The lowest BCUT2D eigenvalue weighted by atomic mass is 10.0. The molecule has 0 saturated heterocycles. The minimum absolute atomic E-state index is 0.0604. The summed E-state index contributed by atoms with van der Waals surface area (Å²) < 4.78 is 17.0. The summed E-state index contributed by atoms with van der Waals surface area (Å²) in [6, 6.07) is 0. The van der Waals surface area contributed by atoms with Gasteiger partial charge in [-0.25, -0.2) is 0 Å². The highest BCUT2D eigenvalue weighted by atomic mass is 16.6. The SMILES string of the molecule is CCCCCCCCCCCCCCCCCCCCCCCCCCCC(=O)OCC(COC(=O)CCCCCCCCCCCCCCCC)OC(=O)CCCCCCCCCCCCCCCCCC. The van der Waals surface area contributed by atoms with Gasteiger partial charge < -0.3 is 14.2 Å². The summed E-state index contributed by atoms with van der Waals surface area (Å²) >= 11 is 0. The van der Waals surface area contributed by atoms with Crippen LogP contribution in [0.1, 0.15) is 393 Å². The van der Waals surface area contributed by atoms with Gasteiger partial charge in [0.2, 0.25) is 0 Å². The third-order valence-corrected chi connectivity index (χ3v) is 15.6. The Morgan fingerprint density at radius 1 is 0.219 bits per heavy atom. The van der Waals surface area contributed by atoms with Gasteiger partial charge in [-0.15, -0.1) is 0 Å². The molecular formula is C67H130O6. The van der Waals surface area contributed by atoms with E-state index >= 15 is 0 Å². The summed E-state index contributed by atoms with van der Waals surface area (Å²) in [5.41, 5.74) is 0. The first kappa shape index (κ1) is 71.4. The summed E-state index contributed by atoms with van der Waals surface area (Å²) in [6.45, 7) is 6.73. The molecule has 0 spiro atoms. The summed E-state index contributed by atoms with van der Waals surface area (Å²) in [7, 11) is 0. The Morgan fingerprint density at radius 3 is 0.548 bits per heavy atom. The molecule has 0 aliphatic carbocycles. The first-order chi connectivity index (χ1) is 36.0. The van der Waals surface area contributed by atoms with Gasteiger partial charge in [0.1, 0.15) is 13.2 Å². The molecule has 0 radical (unpaired) electrons. The number of esters is 3. The fraction of sp³-hybridized carbons (Fsp3) is 0.955. The molecule has 0 amide bonds. The fourth-order valence-electron chi connectivity index (χ4n) is 10.6. The molecule has 0 aliphatic rings. The zero-order chi connectivity index (χ0) is 52.9. The standard InChI is InChI=1S/C67H130O6/c1-4-7-10-13-16-19-22-25-28-30-31-32-33-34-35-36-37-38-40-42-45-48-51-54-57-60-66(69)72-63-64(62-71-65(68)59-56-53-50-47-44-41-27-24-21-18-15-12-9-6-3)73-67(70)61-58-55-52-49-46-43-39-29-26-23-20-17-14-11-8-5-2/h64H,4-63H2,1-3H3. The lowest BCUT2D eigenvalue weighted by Gasteiger charge is -2.18. The lowest BCUT2D eigenvalue weighted by Crippen LogP contribution is -2.30. The number of ether oxygens (including phenoxy) is 3. The van der Waals surface area contributed by atoms with Gasteiger partial charge in [-0.05, 0) is 19.3 Å². The van der Waals surface area contributed by atoms with E-state index < -0.39 is 6.10 Å². The van der Waals surface area contributed by atoms with Crippen molar-refractivity contribution in [3.05, 3.63) is 0 Å². The maximum absolute atomic E-state index is 12.9. The maximum atomic E-state index is 12.9. The number of hydrogen-bond acceptors (Lipinski definition) is 6. The third kappa shape index (κ3) is 61.1. The Hall–Kier alpha value is -1.59. The number of hydrogen-bond donors (Lipinski definition) is 0. The lowest BCUT2D eigenvalue weighted by molar-refractivity contribution is -0.167. The first-order valence-electron chi connectivity index (χ1n) is 33.5. The molecule has 0 fully saturated rings. The van der Waals surface area contributed by atoms with Crippen molar-refractivity contribution in [2.75, 3.05) is 13.2 Å². The van der Waals surface area contributed by atoms with Crippen LogP contribution in [0.15, 0.2) is 0 Å². The van der Waals surface area contributed by atoms with E-state index in [1.54, 1.807) is 0 Å². The molecule has 1 atom stereocenters. The Bertz CT molecular complexity index is 1090. The second-order valence-corrected chi connectivity index (χ2v) is 23.1. The van der Waals surface area contributed by atoms with Crippen molar-refractivity contribution < 1.29 is 28.6 Å². The van der Waals surface area contributed by atoms with Gasteiger partial charge in [0.15, 0.2) is 6.10 Å². The number of carbonyl (C=O) groups is 3. The summed E-state index contributed by atoms with van der Waals surface area (Å²) in [5, 5.41) is 0. The molecule has 434 valence electrons. The maximum Gasteiger partial charge on any atom is 0.306 e. The monoisotopic (exact) mass is 1030 g/mol. The summed E-state index contributed by atoms with van der Waals surface area (Å²) in [4.78, 5) is 38.3. The Labute approximate surface area is 457 Å². The van der Waals surface area contributed by atoms with E-state index in [1.165, 1.54) is 295 Å². The van der Waals surface area contributed by atoms with Gasteiger partial charge in [-0.3, -0.25) is 14.4 Å². The van der Waals surface area contributed by atoms with Gasteiger partial charge in [0.25, 0.3) is 0 Å². The Balaban J connectivity index is 4.19. The summed E-state index contributed by atoms with van der Waals surface area (Å²) in [6.07, 6.45) is 72.6. The van der Waals surface area contributed by atoms with Crippen molar-refractivity contribution in [3.8, 4) is 0 Å². The Morgan fingerprint density at radius 2 is 0.370 bits per heavy atom. The van der Waals surface area contributed by atoms with Gasteiger partial charge in [-0.2, -0.15) is 0 Å². The predicted molar refractivity (Wildman–Crippen MR) is 317 cm³/mol. The van der Waals surface area contributed by atoms with Crippen LogP contribution in [0.3, 0.4) is 0 Å². The highest BCUT2D eigenvalue weighted by Crippen LogP contribution is 2.19. The van der Waals surface area contributed by atoms with E-state index in [9.17, 15) is 14.4 Å². The molecule has 1 unspecified atom stereocenters. The van der Waals surface area contributed by atoms with E-state index in [2.05, 4.69) is 20.8 Å². The minimum atomic E-state index is -0.762. The van der Waals surface area contributed by atoms with Crippen LogP contribution in [-0.2, 0) is 28.6 Å². The molecule has 0 aliphatic heterocycles. The summed E-state index contributed by atoms with van der Waals surface area (Å²) in [5.74, 6) is -0.823.